The number of benzene rings is 2. The summed E-state index contributed by atoms with van der Waals surface area (Å²) in [7, 11) is 3.17. The number of hydrogen-bond donors (Lipinski definition) is 2. The Balaban J connectivity index is 2.12. The number of nitrogens with zero attached hydrogens (tertiary/aromatic N) is 2. The standard InChI is InChI=1S/C20H16ClN4O2/c1-26-17-14(19-22-7-8-23-19)11-13(12-5-3-4-6-15(12)21)16(18(17)27-2)20-24-9-10-25-20/h3-10H,1-2H3,(H,22,23)(H,24,25). The van der Waals surface area contributed by atoms with E-state index in [-0.39, 0.29) is 0 Å². The van der Waals surface area contributed by atoms with Crippen molar-refractivity contribution in [1.29, 1.82) is 0 Å². The first-order valence-corrected chi connectivity index (χ1v) is 8.58. The third-order valence-corrected chi connectivity index (χ3v) is 4.51. The normalized spacial score (nSPS) is 10.8. The molecule has 2 N–H and O–H groups in total. The molecule has 0 unspecified atom stereocenters. The molecule has 7 heteroatoms. The van der Waals surface area contributed by atoms with E-state index in [1.807, 2.05) is 24.3 Å². The number of aromatic amines is 2. The van der Waals surface area contributed by atoms with Gasteiger partial charge in [0.25, 0.3) is 0 Å². The topological polar surface area (TPSA) is 75.8 Å². The number of rotatable bonds is 5. The zero-order chi connectivity index (χ0) is 18.8. The summed E-state index contributed by atoms with van der Waals surface area (Å²) >= 11 is 6.49. The fourth-order valence-corrected chi connectivity index (χ4v) is 3.27. The zero-order valence-electron chi connectivity index (χ0n) is 14.7. The van der Waals surface area contributed by atoms with Crippen LogP contribution >= 0.6 is 11.6 Å². The van der Waals surface area contributed by atoms with E-state index in [4.69, 9.17) is 21.1 Å². The predicted molar refractivity (Wildman–Crippen MR) is 104 cm³/mol. The van der Waals surface area contributed by atoms with E-state index in [0.717, 1.165) is 11.1 Å². The molecule has 0 aliphatic rings. The molecule has 135 valence electrons. The lowest BCUT2D eigenvalue weighted by Crippen LogP contribution is -2.01. The van der Waals surface area contributed by atoms with Crippen molar-refractivity contribution in [3.63, 3.8) is 0 Å². The number of hydrogen-bond acceptors (Lipinski definition) is 4. The fourth-order valence-electron chi connectivity index (χ4n) is 3.04. The van der Waals surface area contributed by atoms with E-state index in [1.54, 1.807) is 39.0 Å². The Kier molecular flexibility index (Phi) is 4.56. The van der Waals surface area contributed by atoms with Crippen LogP contribution in [0.2, 0.25) is 5.02 Å². The van der Waals surface area contributed by atoms with Crippen molar-refractivity contribution in [3.8, 4) is 45.4 Å². The van der Waals surface area contributed by atoms with Crippen LogP contribution in [0.5, 0.6) is 11.5 Å². The number of aromatic nitrogens is 4. The second-order valence-corrected chi connectivity index (χ2v) is 6.08. The Bertz CT molecular complexity index is 1060. The Morgan fingerprint density at radius 3 is 2.15 bits per heavy atom. The number of imidazole rings is 2. The van der Waals surface area contributed by atoms with Gasteiger partial charge in [0.1, 0.15) is 11.6 Å². The minimum atomic E-state index is 0.509. The smallest absolute Gasteiger partial charge is 0.173 e. The maximum Gasteiger partial charge on any atom is 0.173 e. The molecule has 0 amide bonds. The highest BCUT2D eigenvalue weighted by Crippen LogP contribution is 2.49. The summed E-state index contributed by atoms with van der Waals surface area (Å²) in [6, 6.07) is 11.0. The number of halogens is 1. The van der Waals surface area contributed by atoms with Crippen molar-refractivity contribution in [3.05, 3.63) is 60.1 Å². The average Bonchev–Trinajstić information content (AvgIpc) is 3.40. The number of methoxy groups -OCH3 is 2. The lowest BCUT2D eigenvalue weighted by molar-refractivity contribution is 0.357. The van der Waals surface area contributed by atoms with Gasteiger partial charge >= 0.3 is 0 Å². The van der Waals surface area contributed by atoms with E-state index in [9.17, 15) is 0 Å². The molecule has 0 spiro atoms. The molecule has 0 saturated carbocycles. The van der Waals surface area contributed by atoms with Gasteiger partial charge in [-0.15, -0.1) is 0 Å². The summed E-state index contributed by atoms with van der Waals surface area (Å²) in [5.41, 5.74) is 2.89. The first-order valence-electron chi connectivity index (χ1n) is 8.20. The van der Waals surface area contributed by atoms with E-state index in [1.165, 1.54) is 0 Å². The molecule has 2 heterocycles. The van der Waals surface area contributed by atoms with Gasteiger partial charge < -0.3 is 19.4 Å². The summed E-state index contributed by atoms with van der Waals surface area (Å²) in [6.45, 7) is 0. The van der Waals surface area contributed by atoms with Crippen LogP contribution < -0.4 is 9.47 Å². The Hall–Kier alpha value is -3.25. The van der Waals surface area contributed by atoms with Crippen molar-refractivity contribution < 1.29 is 9.47 Å². The lowest BCUT2D eigenvalue weighted by atomic mass is 9.94. The summed E-state index contributed by atoms with van der Waals surface area (Å²) in [4.78, 5) is 15.0. The molecule has 4 aromatic rings. The van der Waals surface area contributed by atoms with Gasteiger partial charge in [-0.25, -0.2) is 9.97 Å². The van der Waals surface area contributed by atoms with Gasteiger partial charge in [0.15, 0.2) is 11.5 Å². The second-order valence-electron chi connectivity index (χ2n) is 5.67. The highest BCUT2D eigenvalue weighted by molar-refractivity contribution is 6.33. The van der Waals surface area contributed by atoms with Crippen LogP contribution in [0.25, 0.3) is 33.9 Å². The Morgan fingerprint density at radius 1 is 0.889 bits per heavy atom. The van der Waals surface area contributed by atoms with Crippen LogP contribution in [-0.4, -0.2) is 34.2 Å². The highest BCUT2D eigenvalue weighted by atomic mass is 35.5. The minimum Gasteiger partial charge on any atom is -0.492 e. The zero-order valence-corrected chi connectivity index (χ0v) is 15.5. The van der Waals surface area contributed by atoms with Crippen LogP contribution in [0.1, 0.15) is 0 Å². The van der Waals surface area contributed by atoms with Crippen molar-refractivity contribution >= 4 is 11.6 Å². The highest BCUT2D eigenvalue weighted by Gasteiger charge is 2.26. The number of ether oxygens (including phenoxy) is 2. The van der Waals surface area contributed by atoms with Gasteiger partial charge in [-0.3, -0.25) is 0 Å². The van der Waals surface area contributed by atoms with E-state index >= 15 is 0 Å². The number of H-pyrrole nitrogens is 2. The van der Waals surface area contributed by atoms with Gasteiger partial charge in [-0.1, -0.05) is 29.8 Å². The predicted octanol–water partition coefficient (Wildman–Crippen LogP) is 4.60. The van der Waals surface area contributed by atoms with Gasteiger partial charge in [-0.05, 0) is 6.07 Å². The van der Waals surface area contributed by atoms with E-state index in [2.05, 4.69) is 26.0 Å². The van der Waals surface area contributed by atoms with Crippen molar-refractivity contribution in [2.45, 2.75) is 0 Å². The summed E-state index contributed by atoms with van der Waals surface area (Å²) in [6.07, 6.45) is 6.84. The van der Waals surface area contributed by atoms with Gasteiger partial charge in [-0.2, -0.15) is 0 Å². The molecule has 6 nitrogen and oxygen atoms in total. The molecule has 0 atom stereocenters. The largest absolute Gasteiger partial charge is 0.492 e. The molecule has 27 heavy (non-hydrogen) atoms. The first-order chi connectivity index (χ1) is 13.2. The maximum absolute atomic E-state index is 6.49. The van der Waals surface area contributed by atoms with Crippen LogP contribution in [0.4, 0.5) is 0 Å². The molecule has 0 saturated heterocycles. The monoisotopic (exact) mass is 379 g/mol. The summed E-state index contributed by atoms with van der Waals surface area (Å²) in [5.74, 6) is 2.27. The van der Waals surface area contributed by atoms with E-state index < -0.39 is 0 Å². The van der Waals surface area contributed by atoms with Gasteiger partial charge in [0.05, 0.1) is 25.3 Å². The SMILES string of the molecule is COc1c(-c2ncc[nH]2)[c]c(-c2ccccc2Cl)c(-c2ncc[nH]2)c1OC. The molecule has 0 aliphatic carbocycles. The third-order valence-electron chi connectivity index (χ3n) is 4.18. The Labute approximate surface area is 161 Å². The average molecular weight is 380 g/mol. The molecular weight excluding hydrogens is 364 g/mol. The third kappa shape index (κ3) is 2.94. The summed E-state index contributed by atoms with van der Waals surface area (Å²) in [5, 5.41) is 0.596. The number of nitrogens with one attached hydrogen (secondary N) is 2. The lowest BCUT2D eigenvalue weighted by Gasteiger charge is -2.19. The first kappa shape index (κ1) is 17.2. The molecule has 4 rings (SSSR count). The van der Waals surface area contributed by atoms with Crippen LogP contribution in [-0.2, 0) is 0 Å². The molecular formula is C20H16ClN4O2. The molecule has 1 radical (unpaired) electrons. The quantitative estimate of drug-likeness (QED) is 0.531. The van der Waals surface area contributed by atoms with Crippen molar-refractivity contribution in [2.75, 3.05) is 14.2 Å². The van der Waals surface area contributed by atoms with Gasteiger partial charge in [0.2, 0.25) is 0 Å². The molecule has 0 aliphatic heterocycles. The molecule has 2 aromatic heterocycles. The van der Waals surface area contributed by atoms with Crippen molar-refractivity contribution in [1.82, 2.24) is 19.9 Å². The minimum absolute atomic E-state index is 0.509. The van der Waals surface area contributed by atoms with Crippen LogP contribution in [0.15, 0.2) is 49.1 Å². The fraction of sp³-hybridized carbons (Fsp3) is 0.100. The molecule has 2 aromatic carbocycles. The van der Waals surface area contributed by atoms with Gasteiger partial charge in [0, 0.05) is 47.0 Å². The molecule has 0 bridgehead atoms. The van der Waals surface area contributed by atoms with Crippen LogP contribution in [0, 0.1) is 6.07 Å². The second kappa shape index (κ2) is 7.17. The maximum atomic E-state index is 6.49. The summed E-state index contributed by atoms with van der Waals surface area (Å²) < 4.78 is 11.4. The van der Waals surface area contributed by atoms with Crippen LogP contribution in [0.3, 0.4) is 0 Å². The Morgan fingerprint density at radius 2 is 1.56 bits per heavy atom. The van der Waals surface area contributed by atoms with Crippen molar-refractivity contribution in [2.24, 2.45) is 0 Å². The molecule has 0 fully saturated rings. The van der Waals surface area contributed by atoms with E-state index in [0.29, 0.717) is 39.3 Å².